The molecule has 14 heavy (non-hydrogen) atoms. The van der Waals surface area contributed by atoms with Crippen LogP contribution >= 0.6 is 0 Å². The van der Waals surface area contributed by atoms with E-state index in [-0.39, 0.29) is 5.56 Å². The topological polar surface area (TPSA) is 57.9 Å². The highest BCUT2D eigenvalue weighted by Crippen LogP contribution is 2.21. The maximum Gasteiger partial charge on any atom is 0.341 e. The second-order valence-corrected chi connectivity index (χ2v) is 4.30. The quantitative estimate of drug-likeness (QED) is 0.755. The summed E-state index contributed by atoms with van der Waals surface area (Å²) in [5.41, 5.74) is -0.271. The summed E-state index contributed by atoms with van der Waals surface area (Å²) in [7, 11) is -4.68. The van der Waals surface area contributed by atoms with E-state index >= 15 is 0 Å². The molecule has 0 saturated carbocycles. The third kappa shape index (κ3) is 1.72. The van der Waals surface area contributed by atoms with E-state index < -0.39 is 20.5 Å². The molecule has 0 aliphatic carbocycles. The molecule has 74 valence electrons. The van der Waals surface area contributed by atoms with Gasteiger partial charge in [0.05, 0.1) is 10.5 Å². The second-order valence-electron chi connectivity index (χ2n) is 2.41. The molecule has 6 heteroatoms. The van der Waals surface area contributed by atoms with E-state index in [0.717, 1.165) is 6.07 Å². The maximum atomic E-state index is 12.1. The molecule has 0 bridgehead atoms. The second kappa shape index (κ2) is 3.72. The zero-order chi connectivity index (χ0) is 10.8. The predicted octanol–water partition coefficient (Wildman–Crippen LogP) is 1.55. The Morgan fingerprint density at radius 2 is 1.86 bits per heavy atom. The molecule has 0 radical (unpaired) electrons. The average molecular weight is 217 g/mol. The van der Waals surface area contributed by atoms with Crippen LogP contribution in [-0.4, -0.2) is 14.2 Å². The van der Waals surface area contributed by atoms with Gasteiger partial charge in [-0.1, -0.05) is 12.1 Å². The Morgan fingerprint density at radius 3 is 2.36 bits per heavy atom. The van der Waals surface area contributed by atoms with Crippen molar-refractivity contribution in [3.8, 4) is 6.07 Å². The summed E-state index contributed by atoms with van der Waals surface area (Å²) < 4.78 is 46.3. The third-order valence-electron chi connectivity index (χ3n) is 1.55. The Bertz CT molecular complexity index is 476. The number of nitriles is 1. The van der Waals surface area contributed by atoms with Crippen LogP contribution < -0.4 is 0 Å². The first-order valence-electron chi connectivity index (χ1n) is 3.51. The van der Waals surface area contributed by atoms with Crippen LogP contribution in [0.25, 0.3) is 0 Å². The van der Waals surface area contributed by atoms with E-state index in [1.807, 2.05) is 0 Å². The predicted molar refractivity (Wildman–Crippen MR) is 44.3 cm³/mol. The minimum atomic E-state index is -4.68. The van der Waals surface area contributed by atoms with Crippen molar-refractivity contribution in [2.75, 3.05) is 0 Å². The molecule has 1 aromatic carbocycles. The lowest BCUT2D eigenvalue weighted by Gasteiger charge is -2.03. The molecule has 3 nitrogen and oxygen atoms in total. The number of nitrogens with zero attached hydrogens (tertiary/aromatic N) is 1. The van der Waals surface area contributed by atoms with Gasteiger partial charge in [0.15, 0.2) is 0 Å². The molecular formula is C8H5F2NO2S. The fourth-order valence-electron chi connectivity index (χ4n) is 0.903. The fourth-order valence-corrected chi connectivity index (χ4v) is 1.78. The summed E-state index contributed by atoms with van der Waals surface area (Å²) in [6.07, 6.45) is 0. The number of hydrogen-bond donors (Lipinski definition) is 0. The standard InChI is InChI=1S/C8H5F2NO2S/c9-8(10)14(12,13)7-4-2-1-3-6(7)5-11/h1-4,8H. The van der Waals surface area contributed by atoms with Crippen molar-refractivity contribution >= 4 is 9.84 Å². The number of alkyl halides is 2. The van der Waals surface area contributed by atoms with Crippen LogP contribution in [0, 0.1) is 11.3 Å². The van der Waals surface area contributed by atoms with Crippen molar-refractivity contribution < 1.29 is 17.2 Å². The van der Waals surface area contributed by atoms with Gasteiger partial charge in [0.25, 0.3) is 0 Å². The van der Waals surface area contributed by atoms with Crippen LogP contribution in [0.5, 0.6) is 0 Å². The van der Waals surface area contributed by atoms with Gasteiger partial charge in [0, 0.05) is 0 Å². The Labute approximate surface area is 79.5 Å². The summed E-state index contributed by atoms with van der Waals surface area (Å²) in [6, 6.07) is 6.40. The summed E-state index contributed by atoms with van der Waals surface area (Å²) in [5.74, 6) is -3.50. The Morgan fingerprint density at radius 1 is 1.29 bits per heavy atom. The Hall–Kier alpha value is -1.48. The Kier molecular flexibility index (Phi) is 2.81. The number of rotatable bonds is 2. The molecule has 0 amide bonds. The van der Waals surface area contributed by atoms with Crippen molar-refractivity contribution in [2.45, 2.75) is 10.7 Å². The highest BCUT2D eigenvalue weighted by Gasteiger charge is 2.28. The van der Waals surface area contributed by atoms with Crippen LogP contribution in [0.2, 0.25) is 0 Å². The van der Waals surface area contributed by atoms with Gasteiger partial charge in [0.2, 0.25) is 9.84 Å². The van der Waals surface area contributed by atoms with Gasteiger partial charge in [-0.3, -0.25) is 0 Å². The first kappa shape index (κ1) is 10.6. The maximum absolute atomic E-state index is 12.1. The first-order valence-corrected chi connectivity index (χ1v) is 5.06. The molecular weight excluding hydrogens is 212 g/mol. The summed E-state index contributed by atoms with van der Waals surface area (Å²) in [6.45, 7) is 0. The van der Waals surface area contributed by atoms with Gasteiger partial charge >= 0.3 is 5.76 Å². The van der Waals surface area contributed by atoms with Gasteiger partial charge in [-0.25, -0.2) is 8.42 Å². The van der Waals surface area contributed by atoms with E-state index in [1.54, 1.807) is 6.07 Å². The van der Waals surface area contributed by atoms with Crippen molar-refractivity contribution in [2.24, 2.45) is 0 Å². The van der Waals surface area contributed by atoms with Crippen molar-refractivity contribution in [1.29, 1.82) is 5.26 Å². The molecule has 0 aliphatic rings. The molecule has 0 spiro atoms. The number of benzene rings is 1. The molecule has 0 aromatic heterocycles. The molecule has 0 unspecified atom stereocenters. The number of sulfone groups is 1. The number of hydrogen-bond acceptors (Lipinski definition) is 3. The van der Waals surface area contributed by atoms with Crippen molar-refractivity contribution in [1.82, 2.24) is 0 Å². The van der Waals surface area contributed by atoms with Crippen LogP contribution in [0.4, 0.5) is 8.78 Å². The molecule has 0 fully saturated rings. The normalized spacial score (nSPS) is 11.3. The van der Waals surface area contributed by atoms with Gasteiger partial charge in [-0.15, -0.1) is 0 Å². The fraction of sp³-hybridized carbons (Fsp3) is 0.125. The number of halogens is 2. The zero-order valence-electron chi connectivity index (χ0n) is 6.81. The minimum absolute atomic E-state index is 0.271. The monoisotopic (exact) mass is 217 g/mol. The van der Waals surface area contributed by atoms with E-state index in [1.165, 1.54) is 18.2 Å². The SMILES string of the molecule is N#Cc1ccccc1S(=O)(=O)C(F)F. The highest BCUT2D eigenvalue weighted by atomic mass is 32.2. The van der Waals surface area contributed by atoms with E-state index in [0.29, 0.717) is 0 Å². The van der Waals surface area contributed by atoms with Gasteiger partial charge < -0.3 is 0 Å². The minimum Gasteiger partial charge on any atom is -0.218 e. The van der Waals surface area contributed by atoms with E-state index in [4.69, 9.17) is 5.26 Å². The Balaban J connectivity index is 3.42. The molecule has 1 rings (SSSR count). The zero-order valence-corrected chi connectivity index (χ0v) is 7.63. The van der Waals surface area contributed by atoms with Crippen LogP contribution in [-0.2, 0) is 9.84 Å². The van der Waals surface area contributed by atoms with E-state index in [9.17, 15) is 17.2 Å². The largest absolute Gasteiger partial charge is 0.341 e. The van der Waals surface area contributed by atoms with E-state index in [2.05, 4.69) is 0 Å². The summed E-state index contributed by atoms with van der Waals surface area (Å²) in [4.78, 5) is -0.627. The molecule has 0 atom stereocenters. The summed E-state index contributed by atoms with van der Waals surface area (Å²) >= 11 is 0. The molecule has 0 N–H and O–H groups in total. The van der Waals surface area contributed by atoms with Crippen molar-refractivity contribution in [3.63, 3.8) is 0 Å². The van der Waals surface area contributed by atoms with Gasteiger partial charge in [-0.05, 0) is 12.1 Å². The average Bonchev–Trinajstić information content (AvgIpc) is 2.17. The third-order valence-corrected chi connectivity index (χ3v) is 2.99. The molecule has 0 aliphatic heterocycles. The lowest BCUT2D eigenvalue weighted by molar-refractivity contribution is 0.234. The van der Waals surface area contributed by atoms with Gasteiger partial charge in [0.1, 0.15) is 6.07 Å². The highest BCUT2D eigenvalue weighted by molar-refractivity contribution is 7.91. The van der Waals surface area contributed by atoms with Gasteiger partial charge in [-0.2, -0.15) is 14.0 Å². The van der Waals surface area contributed by atoms with Crippen LogP contribution in [0.15, 0.2) is 29.2 Å². The smallest absolute Gasteiger partial charge is 0.218 e. The van der Waals surface area contributed by atoms with Crippen LogP contribution in [0.1, 0.15) is 5.56 Å². The molecule has 0 saturated heterocycles. The lowest BCUT2D eigenvalue weighted by atomic mass is 10.2. The first-order chi connectivity index (χ1) is 6.50. The summed E-state index contributed by atoms with van der Waals surface area (Å²) in [5, 5.41) is 8.50. The molecule has 1 aromatic rings. The molecule has 0 heterocycles. The van der Waals surface area contributed by atoms with Crippen LogP contribution in [0.3, 0.4) is 0 Å². The lowest BCUT2D eigenvalue weighted by Crippen LogP contribution is -2.12. The van der Waals surface area contributed by atoms with Crippen molar-refractivity contribution in [3.05, 3.63) is 29.8 Å².